The van der Waals surface area contributed by atoms with E-state index in [2.05, 4.69) is 313 Å². The summed E-state index contributed by atoms with van der Waals surface area (Å²) in [7, 11) is 2.13. The minimum absolute atomic E-state index is 0.922. The van der Waals surface area contributed by atoms with Crippen molar-refractivity contribution in [1.29, 1.82) is 0 Å². The van der Waals surface area contributed by atoms with Gasteiger partial charge in [-0.1, -0.05) is 237 Å². The molecular formula is C85H52N4. The van der Waals surface area contributed by atoms with E-state index in [4.69, 9.17) is 9.97 Å². The van der Waals surface area contributed by atoms with Gasteiger partial charge in [0.2, 0.25) is 0 Å². The number of nitrogens with zero attached hydrogens (tertiary/aromatic N) is 4. The summed E-state index contributed by atoms with van der Waals surface area (Å²) in [6, 6.07) is 110. The van der Waals surface area contributed by atoms with Gasteiger partial charge < -0.3 is 4.57 Å². The molecule has 0 aliphatic heterocycles. The average Bonchev–Trinajstić information content (AvgIpc) is 1.39. The molecule has 2 heterocycles. The number of rotatable bonds is 6. The molecule has 17 aromatic carbocycles. The van der Waals surface area contributed by atoms with E-state index in [1.165, 1.54) is 136 Å². The molecular weight excluding hydrogens is 1080 g/mol. The van der Waals surface area contributed by atoms with E-state index in [0.29, 0.717) is 0 Å². The smallest absolute Gasteiger partial charge is 0.145 e. The summed E-state index contributed by atoms with van der Waals surface area (Å²) in [4.78, 5) is 10.5. The van der Waals surface area contributed by atoms with Crippen LogP contribution in [0.5, 0.6) is 0 Å². The normalized spacial score (nSPS) is 12.1. The Morgan fingerprint density at radius 3 is 1.22 bits per heavy atom. The van der Waals surface area contributed by atoms with Gasteiger partial charge >= 0.3 is 0 Å². The Hall–Kier alpha value is -11.7. The fourth-order valence-corrected chi connectivity index (χ4v) is 15.3. The van der Waals surface area contributed by atoms with Gasteiger partial charge in [0.25, 0.3) is 0 Å². The maximum Gasteiger partial charge on any atom is 0.145 e. The van der Waals surface area contributed by atoms with Crippen molar-refractivity contribution in [3.63, 3.8) is 0 Å². The number of fused-ring (bicyclic) bond motifs is 20. The number of benzene rings is 17. The van der Waals surface area contributed by atoms with Crippen LogP contribution in [0.2, 0.25) is 0 Å². The Morgan fingerprint density at radius 2 is 0.596 bits per heavy atom. The second-order valence-corrected chi connectivity index (χ2v) is 23.9. The molecule has 0 radical (unpaired) electrons. The predicted molar refractivity (Wildman–Crippen MR) is 378 cm³/mol. The van der Waals surface area contributed by atoms with E-state index < -0.39 is 0 Å². The first kappa shape index (κ1) is 49.5. The van der Waals surface area contributed by atoms with E-state index in [0.717, 1.165) is 55.9 Å². The highest BCUT2D eigenvalue weighted by Crippen LogP contribution is 2.49. The van der Waals surface area contributed by atoms with Crippen LogP contribution >= 0.6 is 0 Å². The summed E-state index contributed by atoms with van der Waals surface area (Å²) < 4.78 is 4.58. The van der Waals surface area contributed by atoms with Crippen LogP contribution in [0.3, 0.4) is 0 Å². The number of aromatic nitrogens is 4. The number of hydrogen-bond donors (Lipinski definition) is 0. The molecule has 0 aliphatic carbocycles. The highest BCUT2D eigenvalue weighted by molar-refractivity contribution is 6.36. The van der Waals surface area contributed by atoms with E-state index in [1.54, 1.807) is 0 Å². The van der Waals surface area contributed by atoms with Crippen molar-refractivity contribution in [3.8, 4) is 61.8 Å². The first-order valence-electron chi connectivity index (χ1n) is 30.7. The Morgan fingerprint density at radius 1 is 0.225 bits per heavy atom. The van der Waals surface area contributed by atoms with E-state index in [9.17, 15) is 0 Å². The zero-order chi connectivity index (χ0) is 58.4. The third-order valence-electron chi connectivity index (χ3n) is 19.3. The van der Waals surface area contributed by atoms with Gasteiger partial charge in [0.05, 0.1) is 27.8 Å². The molecule has 0 aliphatic rings. The van der Waals surface area contributed by atoms with E-state index >= 15 is 0 Å². The summed E-state index contributed by atoms with van der Waals surface area (Å²) in [5.41, 5.74) is 14.6. The Balaban J connectivity index is 0.855. The largest absolute Gasteiger partial charge is 0.327 e. The number of hydrogen-bond acceptors (Lipinski definition) is 2. The van der Waals surface area contributed by atoms with Gasteiger partial charge in [-0.05, 0) is 196 Å². The molecule has 0 bridgehead atoms. The molecule has 0 saturated carbocycles. The van der Waals surface area contributed by atoms with Gasteiger partial charge in [0, 0.05) is 23.6 Å². The van der Waals surface area contributed by atoms with Gasteiger partial charge in [-0.2, -0.15) is 0 Å². The molecule has 0 amide bonds. The third-order valence-corrected chi connectivity index (χ3v) is 19.3. The van der Waals surface area contributed by atoms with Crippen LogP contribution in [0.1, 0.15) is 0 Å². The summed E-state index contributed by atoms with van der Waals surface area (Å²) >= 11 is 0. The van der Waals surface area contributed by atoms with Crippen LogP contribution in [0.25, 0.3) is 192 Å². The van der Waals surface area contributed by atoms with Crippen molar-refractivity contribution in [2.45, 2.75) is 0 Å². The third kappa shape index (κ3) is 7.29. The fraction of sp³-hybridized carbons (Fsp3) is 0.0118. The van der Waals surface area contributed by atoms with Crippen LogP contribution < -0.4 is 0 Å². The monoisotopic (exact) mass is 1130 g/mol. The Labute approximate surface area is 512 Å². The van der Waals surface area contributed by atoms with E-state index in [-0.39, 0.29) is 0 Å². The molecule has 412 valence electrons. The minimum atomic E-state index is 0.922. The summed E-state index contributed by atoms with van der Waals surface area (Å²) in [5, 5.41) is 24.6. The van der Waals surface area contributed by atoms with Crippen LogP contribution in [0, 0.1) is 0 Å². The van der Waals surface area contributed by atoms with Gasteiger partial charge in [0.1, 0.15) is 11.6 Å². The highest BCUT2D eigenvalue weighted by Gasteiger charge is 2.24. The maximum atomic E-state index is 5.26. The molecule has 0 saturated heterocycles. The topological polar surface area (TPSA) is 35.6 Å². The first-order chi connectivity index (χ1) is 44.1. The molecule has 19 rings (SSSR count). The van der Waals surface area contributed by atoms with Crippen molar-refractivity contribution in [1.82, 2.24) is 19.1 Å². The molecule has 4 heteroatoms. The zero-order valence-corrected chi connectivity index (χ0v) is 48.6. The molecule has 4 nitrogen and oxygen atoms in total. The number of aryl methyl sites for hydroxylation is 1. The lowest BCUT2D eigenvalue weighted by atomic mass is 9.84. The van der Waals surface area contributed by atoms with Crippen LogP contribution in [0.4, 0.5) is 0 Å². The molecule has 2 aromatic heterocycles. The van der Waals surface area contributed by atoms with Gasteiger partial charge in [-0.3, -0.25) is 4.57 Å². The van der Waals surface area contributed by atoms with Crippen molar-refractivity contribution >= 4 is 130 Å². The van der Waals surface area contributed by atoms with Gasteiger partial charge in [-0.25, -0.2) is 9.97 Å². The summed E-state index contributed by atoms with van der Waals surface area (Å²) in [6.45, 7) is 0. The fourth-order valence-electron chi connectivity index (χ4n) is 15.3. The van der Waals surface area contributed by atoms with Crippen molar-refractivity contribution in [2.75, 3.05) is 0 Å². The lowest BCUT2D eigenvalue weighted by molar-refractivity contribution is 0.961. The molecule has 0 fully saturated rings. The van der Waals surface area contributed by atoms with Crippen molar-refractivity contribution < 1.29 is 0 Å². The molecule has 19 aromatic rings. The van der Waals surface area contributed by atoms with Crippen molar-refractivity contribution in [2.24, 2.45) is 7.05 Å². The molecule has 0 atom stereocenters. The van der Waals surface area contributed by atoms with Crippen molar-refractivity contribution in [3.05, 3.63) is 297 Å². The van der Waals surface area contributed by atoms with Gasteiger partial charge in [0.15, 0.2) is 0 Å². The molecule has 0 unspecified atom stereocenters. The predicted octanol–water partition coefficient (Wildman–Crippen LogP) is 22.8. The lowest BCUT2D eigenvalue weighted by Gasteiger charge is -2.20. The standard InChI is InChI=1S/C85H52N4/c1-88-80-37-19-17-35-77(80)87-85(88)70-44-43-63(55-24-5-7-28-59(55)70)73-49-75-60-29-8-6-23-54(60)57-26-10-15-33-68(57)83(75)74-48-53(40-42-65(73)74)52-39-41-62-58-27-11-14-32-67(58)82-69-34-16-12-30-61(69)72(50-76(82)71(62)47-52)64-45-46-79(66-31-13-9-25-56(64)66)89-81-38-20-18-36-78(81)86-84(89)51-21-3-2-4-22-51/h2-50H,1H3. The molecule has 0 N–H and O–H groups in total. The second-order valence-electron chi connectivity index (χ2n) is 23.9. The SMILES string of the molecule is Cn1c(-c2ccc(-c3cc4c5ccccc5c5ccccc5c4c4cc(-c5ccc6c7ccccc7c7c8ccccc8c(-c8ccc(-n9c(-c%10ccccc%10)nc%10ccccc%109)c9ccccc89)cc7c6c5)ccc34)c3ccccc23)nc2ccccc21. The quantitative estimate of drug-likeness (QED) is 0.156. The lowest BCUT2D eigenvalue weighted by Crippen LogP contribution is -1.99. The molecule has 89 heavy (non-hydrogen) atoms. The highest BCUT2D eigenvalue weighted by atomic mass is 15.1. The summed E-state index contributed by atoms with van der Waals surface area (Å²) in [6.07, 6.45) is 0. The minimum Gasteiger partial charge on any atom is -0.327 e. The summed E-state index contributed by atoms with van der Waals surface area (Å²) in [5.74, 6) is 1.88. The average molecular weight is 1130 g/mol. The number of para-hydroxylation sites is 4. The second kappa shape index (κ2) is 19.1. The van der Waals surface area contributed by atoms with Gasteiger partial charge in [-0.15, -0.1) is 0 Å². The van der Waals surface area contributed by atoms with Crippen LogP contribution in [-0.2, 0) is 7.05 Å². The van der Waals surface area contributed by atoms with Crippen LogP contribution in [0.15, 0.2) is 297 Å². The molecule has 0 spiro atoms. The zero-order valence-electron chi connectivity index (χ0n) is 48.6. The Kier molecular flexibility index (Phi) is 10.7. The number of imidazole rings is 2. The Bertz CT molecular complexity index is 6240. The van der Waals surface area contributed by atoms with E-state index in [1.807, 2.05) is 0 Å². The maximum absolute atomic E-state index is 5.26. The first-order valence-corrected chi connectivity index (χ1v) is 30.7. The van der Waals surface area contributed by atoms with Crippen LogP contribution in [-0.4, -0.2) is 19.1 Å².